The molecular weight excluding hydrogens is 486 g/mol. The van der Waals surface area contributed by atoms with Gasteiger partial charge in [-0.3, -0.25) is 19.3 Å². The van der Waals surface area contributed by atoms with Crippen LogP contribution in [-0.2, 0) is 16.1 Å². The maximum Gasteiger partial charge on any atom is 0.279 e. The van der Waals surface area contributed by atoms with Gasteiger partial charge in [-0.05, 0) is 36.6 Å². The summed E-state index contributed by atoms with van der Waals surface area (Å²) in [5.74, 6) is -1.14. The average molecular weight is 522 g/mol. The van der Waals surface area contributed by atoms with Crippen LogP contribution < -0.4 is 10.6 Å². The fourth-order valence-electron chi connectivity index (χ4n) is 5.02. The van der Waals surface area contributed by atoms with Crippen LogP contribution in [0.4, 0.5) is 5.69 Å². The van der Waals surface area contributed by atoms with Crippen LogP contribution in [0.1, 0.15) is 86.6 Å². The van der Waals surface area contributed by atoms with Gasteiger partial charge in [0.15, 0.2) is 0 Å². The van der Waals surface area contributed by atoms with Crippen LogP contribution in [-0.4, -0.2) is 28.7 Å². The summed E-state index contributed by atoms with van der Waals surface area (Å²) in [6, 6.07) is 16.4. The summed E-state index contributed by atoms with van der Waals surface area (Å²) in [4.78, 5) is 39.9. The Kier molecular flexibility index (Phi) is 9.78. The van der Waals surface area contributed by atoms with E-state index in [-0.39, 0.29) is 29.2 Å². The van der Waals surface area contributed by atoms with Gasteiger partial charge in [-0.15, -0.1) is 0 Å². The van der Waals surface area contributed by atoms with E-state index in [4.69, 9.17) is 11.6 Å². The van der Waals surface area contributed by atoms with Crippen LogP contribution in [0, 0.1) is 0 Å². The van der Waals surface area contributed by atoms with Crippen molar-refractivity contribution in [2.45, 2.75) is 83.2 Å². The zero-order chi connectivity index (χ0) is 26.0. The summed E-state index contributed by atoms with van der Waals surface area (Å²) in [5, 5.41) is 6.07. The van der Waals surface area contributed by atoms with E-state index in [2.05, 4.69) is 10.6 Å². The number of amides is 3. The molecule has 1 aliphatic heterocycles. The van der Waals surface area contributed by atoms with Gasteiger partial charge < -0.3 is 10.6 Å². The molecule has 2 aromatic rings. The molecule has 4 rings (SSSR count). The van der Waals surface area contributed by atoms with E-state index < -0.39 is 11.8 Å². The summed E-state index contributed by atoms with van der Waals surface area (Å²) >= 11 is 6.27. The minimum absolute atomic E-state index is 0.0273. The summed E-state index contributed by atoms with van der Waals surface area (Å²) in [6.07, 6.45) is 13.2. The second-order valence-electron chi connectivity index (χ2n) is 10.0. The third-order valence-corrected chi connectivity index (χ3v) is 7.48. The fourth-order valence-corrected chi connectivity index (χ4v) is 5.25. The Bertz CT molecular complexity index is 1120. The van der Waals surface area contributed by atoms with Crippen molar-refractivity contribution in [1.29, 1.82) is 0 Å². The molecule has 0 atom stereocenters. The lowest BCUT2D eigenvalue weighted by atomic mass is 9.97. The van der Waals surface area contributed by atoms with Crippen LogP contribution in [0.15, 0.2) is 65.3 Å². The second-order valence-corrected chi connectivity index (χ2v) is 10.4. The number of halogens is 1. The number of nitrogens with zero attached hydrogens (tertiary/aromatic N) is 1. The van der Waals surface area contributed by atoms with Gasteiger partial charge in [0.25, 0.3) is 17.7 Å². The Morgan fingerprint density at radius 2 is 1.43 bits per heavy atom. The van der Waals surface area contributed by atoms with Gasteiger partial charge >= 0.3 is 0 Å². The number of nitrogens with one attached hydrogen (secondary N) is 2. The molecule has 2 aliphatic rings. The first-order valence-electron chi connectivity index (χ1n) is 13.5. The van der Waals surface area contributed by atoms with Gasteiger partial charge in [0.05, 0.1) is 6.54 Å². The van der Waals surface area contributed by atoms with E-state index in [1.54, 1.807) is 24.3 Å². The summed E-state index contributed by atoms with van der Waals surface area (Å²) in [7, 11) is 0. The standard InChI is InChI=1S/C30H36ClN3O3/c31-26-27(30(37)34(29(26)36)21-22-14-9-8-10-15-22)32-25-19-13-16-23(20-25)28(35)33-24-17-11-6-4-2-1-3-5-7-12-18-24/h8-10,13-16,19-20,24,32H,1-7,11-12,17-18,21H2,(H,33,35). The van der Waals surface area contributed by atoms with Crippen LogP contribution in [0.5, 0.6) is 0 Å². The molecule has 0 bridgehead atoms. The van der Waals surface area contributed by atoms with Crippen molar-refractivity contribution in [2.75, 3.05) is 5.32 Å². The van der Waals surface area contributed by atoms with Crippen LogP contribution in [0.2, 0.25) is 0 Å². The van der Waals surface area contributed by atoms with E-state index in [0.717, 1.165) is 36.1 Å². The largest absolute Gasteiger partial charge is 0.350 e. The first-order valence-corrected chi connectivity index (χ1v) is 13.9. The van der Waals surface area contributed by atoms with E-state index in [9.17, 15) is 14.4 Å². The highest BCUT2D eigenvalue weighted by Gasteiger charge is 2.37. The molecule has 2 aromatic carbocycles. The second kappa shape index (κ2) is 13.4. The van der Waals surface area contributed by atoms with Crippen molar-refractivity contribution < 1.29 is 14.4 Å². The molecule has 0 radical (unpaired) electrons. The number of rotatable bonds is 6. The topological polar surface area (TPSA) is 78.5 Å². The summed E-state index contributed by atoms with van der Waals surface area (Å²) in [6.45, 7) is 0.143. The number of carbonyl (C=O) groups excluding carboxylic acids is 3. The predicted octanol–water partition coefficient (Wildman–Crippen LogP) is 6.52. The highest BCUT2D eigenvalue weighted by molar-refractivity contribution is 6.48. The number of hydrogen-bond donors (Lipinski definition) is 2. The third kappa shape index (κ3) is 7.45. The molecule has 1 saturated carbocycles. The van der Waals surface area contributed by atoms with Gasteiger partial charge in [-0.25, -0.2) is 0 Å². The number of anilines is 1. The zero-order valence-electron chi connectivity index (χ0n) is 21.3. The number of carbonyl (C=O) groups is 3. The monoisotopic (exact) mass is 521 g/mol. The highest BCUT2D eigenvalue weighted by atomic mass is 35.5. The van der Waals surface area contributed by atoms with Crippen molar-refractivity contribution in [1.82, 2.24) is 10.2 Å². The van der Waals surface area contributed by atoms with E-state index in [1.807, 2.05) is 30.3 Å². The minimum atomic E-state index is -0.533. The van der Waals surface area contributed by atoms with E-state index in [0.29, 0.717) is 11.3 Å². The molecule has 1 heterocycles. The molecule has 37 heavy (non-hydrogen) atoms. The molecule has 2 N–H and O–H groups in total. The van der Waals surface area contributed by atoms with Gasteiger partial charge in [-0.1, -0.05) is 106 Å². The average Bonchev–Trinajstić information content (AvgIpc) is 3.09. The van der Waals surface area contributed by atoms with E-state index >= 15 is 0 Å². The van der Waals surface area contributed by atoms with Gasteiger partial charge in [0, 0.05) is 17.3 Å². The molecule has 0 saturated heterocycles. The van der Waals surface area contributed by atoms with Crippen molar-refractivity contribution in [2.24, 2.45) is 0 Å². The maximum atomic E-state index is 13.1. The Morgan fingerprint density at radius 1 is 0.811 bits per heavy atom. The smallest absolute Gasteiger partial charge is 0.279 e. The first kappa shape index (κ1) is 26.9. The first-order chi connectivity index (χ1) is 18.0. The van der Waals surface area contributed by atoms with Gasteiger partial charge in [-0.2, -0.15) is 0 Å². The number of imide groups is 1. The van der Waals surface area contributed by atoms with Crippen molar-refractivity contribution >= 4 is 35.0 Å². The molecular formula is C30H36ClN3O3. The molecule has 0 aromatic heterocycles. The molecule has 1 aliphatic carbocycles. The Labute approximate surface area is 224 Å². The van der Waals surface area contributed by atoms with Crippen molar-refractivity contribution in [3.8, 4) is 0 Å². The molecule has 0 unspecified atom stereocenters. The third-order valence-electron chi connectivity index (χ3n) is 7.13. The zero-order valence-corrected chi connectivity index (χ0v) is 22.1. The SMILES string of the molecule is O=C(NC1CCCCCCCCCCC1)c1cccc(NC2=C(Cl)C(=O)N(Cc3ccccc3)C2=O)c1. The normalized spacial score (nSPS) is 18.4. The summed E-state index contributed by atoms with van der Waals surface area (Å²) in [5.41, 5.74) is 1.90. The van der Waals surface area contributed by atoms with E-state index in [1.165, 1.54) is 44.9 Å². The lowest BCUT2D eigenvalue weighted by Gasteiger charge is -2.20. The molecule has 6 nitrogen and oxygen atoms in total. The summed E-state index contributed by atoms with van der Waals surface area (Å²) < 4.78 is 0. The lowest BCUT2D eigenvalue weighted by molar-refractivity contribution is -0.138. The fraction of sp³-hybridized carbons (Fsp3) is 0.433. The Hall–Kier alpha value is -3.12. The number of hydrogen-bond acceptors (Lipinski definition) is 4. The molecule has 3 amide bonds. The van der Waals surface area contributed by atoms with Gasteiger partial charge in [0.2, 0.25) is 0 Å². The maximum absolute atomic E-state index is 13.1. The van der Waals surface area contributed by atoms with Crippen LogP contribution >= 0.6 is 11.6 Å². The number of benzene rings is 2. The minimum Gasteiger partial charge on any atom is -0.350 e. The molecule has 196 valence electrons. The Balaban J connectivity index is 1.39. The van der Waals surface area contributed by atoms with Gasteiger partial charge in [0.1, 0.15) is 10.7 Å². The van der Waals surface area contributed by atoms with Crippen molar-refractivity contribution in [3.05, 3.63) is 76.5 Å². The van der Waals surface area contributed by atoms with Crippen molar-refractivity contribution in [3.63, 3.8) is 0 Å². The molecule has 0 spiro atoms. The predicted molar refractivity (Wildman–Crippen MR) is 147 cm³/mol. The van der Waals surface area contributed by atoms with Crippen LogP contribution in [0.25, 0.3) is 0 Å². The molecule has 1 fully saturated rings. The lowest BCUT2D eigenvalue weighted by Crippen LogP contribution is -2.35. The van der Waals surface area contributed by atoms with Crippen LogP contribution in [0.3, 0.4) is 0 Å². The Morgan fingerprint density at radius 3 is 2.08 bits per heavy atom. The quantitative estimate of drug-likeness (QED) is 0.424. The highest BCUT2D eigenvalue weighted by Crippen LogP contribution is 2.27. The molecule has 7 heteroatoms.